The largest absolute Gasteiger partial charge is 0.493 e. The number of hydrogen-bond donors (Lipinski definition) is 2. The lowest BCUT2D eigenvalue weighted by atomic mass is 10.1. The summed E-state index contributed by atoms with van der Waals surface area (Å²) in [6.07, 6.45) is 2.83. The SMILES string of the molecule is CCCOc1ccc(CN(C)Cc2cn[nH]c2C)cc1CO. The third kappa shape index (κ3) is 4.32. The Kier molecular flexibility index (Phi) is 5.98. The zero-order chi connectivity index (χ0) is 15.9. The number of nitrogens with zero attached hydrogens (tertiary/aromatic N) is 2. The van der Waals surface area contributed by atoms with Gasteiger partial charge < -0.3 is 9.84 Å². The van der Waals surface area contributed by atoms with Crippen LogP contribution in [0.2, 0.25) is 0 Å². The molecule has 0 spiro atoms. The van der Waals surface area contributed by atoms with E-state index >= 15 is 0 Å². The maximum absolute atomic E-state index is 9.51. The Labute approximate surface area is 131 Å². The van der Waals surface area contributed by atoms with Crippen molar-refractivity contribution in [3.05, 3.63) is 46.8 Å². The van der Waals surface area contributed by atoms with Gasteiger partial charge in [0.15, 0.2) is 0 Å². The van der Waals surface area contributed by atoms with Crippen LogP contribution in [0.4, 0.5) is 0 Å². The molecule has 1 heterocycles. The molecule has 120 valence electrons. The van der Waals surface area contributed by atoms with Gasteiger partial charge in [0.25, 0.3) is 0 Å². The third-order valence-corrected chi connectivity index (χ3v) is 3.58. The van der Waals surface area contributed by atoms with Crippen molar-refractivity contribution in [2.24, 2.45) is 0 Å². The molecule has 5 heteroatoms. The number of aliphatic hydroxyl groups is 1. The van der Waals surface area contributed by atoms with Crippen LogP contribution in [0.1, 0.15) is 35.7 Å². The third-order valence-electron chi connectivity index (χ3n) is 3.58. The Bertz CT molecular complexity index is 595. The van der Waals surface area contributed by atoms with Gasteiger partial charge in [-0.2, -0.15) is 5.10 Å². The molecular formula is C17H25N3O2. The summed E-state index contributed by atoms with van der Waals surface area (Å²) < 4.78 is 5.65. The van der Waals surface area contributed by atoms with Crippen molar-refractivity contribution in [1.29, 1.82) is 0 Å². The summed E-state index contributed by atoms with van der Waals surface area (Å²) in [6.45, 7) is 6.42. The van der Waals surface area contributed by atoms with Crippen LogP contribution in [0.25, 0.3) is 0 Å². The van der Waals surface area contributed by atoms with E-state index in [-0.39, 0.29) is 6.61 Å². The van der Waals surface area contributed by atoms with Crippen molar-refractivity contribution in [1.82, 2.24) is 15.1 Å². The maximum atomic E-state index is 9.51. The number of H-pyrrole nitrogens is 1. The van der Waals surface area contributed by atoms with E-state index in [0.29, 0.717) is 6.61 Å². The van der Waals surface area contributed by atoms with E-state index in [4.69, 9.17) is 4.74 Å². The second kappa shape index (κ2) is 7.96. The molecule has 5 nitrogen and oxygen atoms in total. The fraction of sp³-hybridized carbons (Fsp3) is 0.471. The number of nitrogens with one attached hydrogen (secondary N) is 1. The normalized spacial score (nSPS) is 11.1. The lowest BCUT2D eigenvalue weighted by molar-refractivity contribution is 0.262. The van der Waals surface area contributed by atoms with E-state index < -0.39 is 0 Å². The standard InChI is InChI=1S/C17H25N3O2/c1-4-7-22-17-6-5-14(8-15(17)12-21)10-20(3)11-16-9-18-19-13(16)2/h5-6,8-9,21H,4,7,10-12H2,1-3H3,(H,18,19). The summed E-state index contributed by atoms with van der Waals surface area (Å²) >= 11 is 0. The van der Waals surface area contributed by atoms with Crippen LogP contribution >= 0.6 is 0 Å². The van der Waals surface area contributed by atoms with Crippen molar-refractivity contribution in [3.63, 3.8) is 0 Å². The average molecular weight is 303 g/mol. The van der Waals surface area contributed by atoms with Crippen LogP contribution in [0.3, 0.4) is 0 Å². The fourth-order valence-corrected chi connectivity index (χ4v) is 2.40. The summed E-state index contributed by atoms with van der Waals surface area (Å²) in [5.41, 5.74) is 4.31. The van der Waals surface area contributed by atoms with Crippen LogP contribution in [0.15, 0.2) is 24.4 Å². The Morgan fingerprint density at radius 1 is 1.27 bits per heavy atom. The lowest BCUT2D eigenvalue weighted by Gasteiger charge is -2.18. The summed E-state index contributed by atoms with van der Waals surface area (Å²) in [6, 6.07) is 6.03. The van der Waals surface area contributed by atoms with Crippen LogP contribution in [0.5, 0.6) is 5.75 Å². The molecular weight excluding hydrogens is 278 g/mol. The number of ether oxygens (including phenoxy) is 1. The van der Waals surface area contributed by atoms with Gasteiger partial charge in [-0.15, -0.1) is 0 Å². The van der Waals surface area contributed by atoms with Crippen LogP contribution in [-0.2, 0) is 19.7 Å². The molecule has 22 heavy (non-hydrogen) atoms. The first-order chi connectivity index (χ1) is 10.6. The molecule has 0 aliphatic carbocycles. The van der Waals surface area contributed by atoms with E-state index in [0.717, 1.165) is 42.1 Å². The highest BCUT2D eigenvalue weighted by Gasteiger charge is 2.08. The van der Waals surface area contributed by atoms with Gasteiger partial charge in [-0.05, 0) is 38.1 Å². The van der Waals surface area contributed by atoms with Crippen LogP contribution in [0, 0.1) is 6.92 Å². The monoisotopic (exact) mass is 303 g/mol. The molecule has 0 aliphatic rings. The molecule has 0 atom stereocenters. The van der Waals surface area contributed by atoms with Gasteiger partial charge in [-0.1, -0.05) is 13.0 Å². The van der Waals surface area contributed by atoms with E-state index in [1.807, 2.05) is 25.3 Å². The van der Waals surface area contributed by atoms with Crippen molar-refractivity contribution in [3.8, 4) is 5.75 Å². The van der Waals surface area contributed by atoms with E-state index in [9.17, 15) is 5.11 Å². The smallest absolute Gasteiger partial charge is 0.124 e. The molecule has 1 aromatic heterocycles. The van der Waals surface area contributed by atoms with E-state index in [1.54, 1.807) is 0 Å². The quantitative estimate of drug-likeness (QED) is 0.787. The number of rotatable bonds is 8. The molecule has 1 aromatic carbocycles. The van der Waals surface area contributed by atoms with Gasteiger partial charge in [-0.3, -0.25) is 10.00 Å². The van der Waals surface area contributed by atoms with Gasteiger partial charge in [-0.25, -0.2) is 0 Å². The van der Waals surface area contributed by atoms with E-state index in [1.165, 1.54) is 5.56 Å². The number of hydrogen-bond acceptors (Lipinski definition) is 4. The van der Waals surface area contributed by atoms with Gasteiger partial charge in [0.05, 0.1) is 19.4 Å². The van der Waals surface area contributed by atoms with Gasteiger partial charge in [0, 0.05) is 29.9 Å². The van der Waals surface area contributed by atoms with Crippen LogP contribution in [-0.4, -0.2) is 33.9 Å². The van der Waals surface area contributed by atoms with Crippen LogP contribution < -0.4 is 4.74 Å². The minimum Gasteiger partial charge on any atom is -0.493 e. The fourth-order valence-electron chi connectivity index (χ4n) is 2.40. The number of aromatic nitrogens is 2. The Balaban J connectivity index is 2.01. The second-order valence-corrected chi connectivity index (χ2v) is 5.64. The van der Waals surface area contributed by atoms with Crippen molar-refractivity contribution < 1.29 is 9.84 Å². The molecule has 0 aliphatic heterocycles. The highest BCUT2D eigenvalue weighted by atomic mass is 16.5. The molecule has 2 rings (SSSR count). The number of aryl methyl sites for hydroxylation is 1. The molecule has 2 aromatic rings. The Morgan fingerprint density at radius 3 is 2.73 bits per heavy atom. The maximum Gasteiger partial charge on any atom is 0.124 e. The first-order valence-electron chi connectivity index (χ1n) is 7.66. The molecule has 0 bridgehead atoms. The van der Waals surface area contributed by atoms with Gasteiger partial charge >= 0.3 is 0 Å². The molecule has 0 saturated heterocycles. The predicted molar refractivity (Wildman–Crippen MR) is 86.6 cm³/mol. The number of benzene rings is 1. The second-order valence-electron chi connectivity index (χ2n) is 5.64. The average Bonchev–Trinajstić information content (AvgIpc) is 2.90. The predicted octanol–water partition coefficient (Wildman–Crippen LogP) is 2.63. The minimum atomic E-state index is -0.00254. The molecule has 0 saturated carbocycles. The molecule has 0 unspecified atom stereocenters. The summed E-state index contributed by atoms with van der Waals surface area (Å²) in [5, 5.41) is 16.5. The topological polar surface area (TPSA) is 61.4 Å². The molecule has 0 radical (unpaired) electrons. The van der Waals surface area contributed by atoms with Crippen molar-refractivity contribution >= 4 is 0 Å². The molecule has 0 fully saturated rings. The minimum absolute atomic E-state index is 0.00254. The molecule has 0 amide bonds. The van der Waals surface area contributed by atoms with Gasteiger partial charge in [0.1, 0.15) is 5.75 Å². The first-order valence-corrected chi connectivity index (χ1v) is 7.66. The Hall–Kier alpha value is -1.85. The summed E-state index contributed by atoms with van der Waals surface area (Å²) in [4.78, 5) is 2.22. The van der Waals surface area contributed by atoms with Crippen molar-refractivity contribution in [2.45, 2.75) is 40.0 Å². The summed E-state index contributed by atoms with van der Waals surface area (Å²) in [5.74, 6) is 0.779. The zero-order valence-corrected chi connectivity index (χ0v) is 13.6. The van der Waals surface area contributed by atoms with Crippen molar-refractivity contribution in [2.75, 3.05) is 13.7 Å². The number of aliphatic hydroxyl groups excluding tert-OH is 1. The van der Waals surface area contributed by atoms with E-state index in [2.05, 4.69) is 35.1 Å². The zero-order valence-electron chi connectivity index (χ0n) is 13.6. The molecule has 2 N–H and O–H groups in total. The number of aromatic amines is 1. The van der Waals surface area contributed by atoms with Gasteiger partial charge in [0.2, 0.25) is 0 Å². The first kappa shape index (κ1) is 16.5. The highest BCUT2D eigenvalue weighted by molar-refractivity contribution is 5.37. The lowest BCUT2D eigenvalue weighted by Crippen LogP contribution is -2.17. The summed E-state index contributed by atoms with van der Waals surface area (Å²) in [7, 11) is 2.08. The Morgan fingerprint density at radius 2 is 2.09 bits per heavy atom. The highest BCUT2D eigenvalue weighted by Crippen LogP contribution is 2.21.